The monoisotopic (exact) mass is 137 g/mol. The van der Waals surface area contributed by atoms with Crippen molar-refractivity contribution < 1.29 is 4.92 Å². The lowest BCUT2D eigenvalue weighted by molar-refractivity contribution is -0.468. The molecule has 10 heavy (non-hydrogen) atoms. The normalized spacial score (nSPS) is 14.2. The second kappa shape index (κ2) is 2.96. The minimum Gasteiger partial charge on any atom is -0.264 e. The maximum Gasteiger partial charge on any atom is 0.222 e. The summed E-state index contributed by atoms with van der Waals surface area (Å²) >= 11 is 0. The summed E-state index contributed by atoms with van der Waals surface area (Å²) in [7, 11) is 0. The number of hydrogen-bond donors (Lipinski definition) is 0. The van der Waals surface area contributed by atoms with Crippen LogP contribution < -0.4 is 0 Å². The van der Waals surface area contributed by atoms with Crippen molar-refractivity contribution in [3.63, 3.8) is 0 Å². The molecule has 1 aliphatic rings. The molecule has 52 valence electrons. The summed E-state index contributed by atoms with van der Waals surface area (Å²) in [5.41, 5.74) is 0.914. The Hall–Kier alpha value is -1.38. The summed E-state index contributed by atoms with van der Waals surface area (Å²) in [5.74, 6) is 0. The smallest absolute Gasteiger partial charge is 0.222 e. The standard InChI is InChI=1S/C7H7NO2/c9-8(10)6-5-7-3-1-2-4-7/h1-5H,6H2. The van der Waals surface area contributed by atoms with Crippen LogP contribution in [0.25, 0.3) is 0 Å². The highest BCUT2D eigenvalue weighted by molar-refractivity contribution is 5.39. The molecule has 0 bridgehead atoms. The minimum atomic E-state index is -0.354. The van der Waals surface area contributed by atoms with Crippen LogP contribution in [-0.2, 0) is 0 Å². The second-order valence-corrected chi connectivity index (χ2v) is 1.94. The zero-order valence-electron chi connectivity index (χ0n) is 5.36. The second-order valence-electron chi connectivity index (χ2n) is 1.94. The summed E-state index contributed by atoms with van der Waals surface area (Å²) in [6, 6.07) is 0. The van der Waals surface area contributed by atoms with Crippen LogP contribution in [0.2, 0.25) is 0 Å². The molecule has 0 amide bonds. The predicted octanol–water partition coefficient (Wildman–Crippen LogP) is 1.32. The minimum absolute atomic E-state index is 0.0932. The van der Waals surface area contributed by atoms with E-state index < -0.39 is 0 Å². The van der Waals surface area contributed by atoms with Gasteiger partial charge in [-0.1, -0.05) is 24.3 Å². The van der Waals surface area contributed by atoms with Crippen molar-refractivity contribution in [3.05, 3.63) is 46.1 Å². The van der Waals surface area contributed by atoms with E-state index in [4.69, 9.17) is 0 Å². The number of allylic oxidation sites excluding steroid dienone is 5. The van der Waals surface area contributed by atoms with Gasteiger partial charge in [0.2, 0.25) is 6.54 Å². The molecule has 0 atom stereocenters. The van der Waals surface area contributed by atoms with Gasteiger partial charge in [-0.25, -0.2) is 0 Å². The number of nitro groups is 1. The van der Waals surface area contributed by atoms with Gasteiger partial charge in [-0.3, -0.25) is 10.1 Å². The first kappa shape index (κ1) is 6.74. The average molecular weight is 137 g/mol. The average Bonchev–Trinajstić information content (AvgIpc) is 2.34. The Labute approximate surface area is 58.5 Å². The van der Waals surface area contributed by atoms with Gasteiger partial charge in [-0.2, -0.15) is 0 Å². The molecule has 0 spiro atoms. The topological polar surface area (TPSA) is 43.1 Å². The molecule has 1 aliphatic carbocycles. The summed E-state index contributed by atoms with van der Waals surface area (Å²) in [6.45, 7) is -0.0932. The van der Waals surface area contributed by atoms with Crippen LogP contribution in [0, 0.1) is 10.1 Å². The maximum atomic E-state index is 9.87. The maximum absolute atomic E-state index is 9.87. The first-order valence-electron chi connectivity index (χ1n) is 2.96. The molecule has 0 N–H and O–H groups in total. The van der Waals surface area contributed by atoms with E-state index in [9.17, 15) is 10.1 Å². The van der Waals surface area contributed by atoms with E-state index in [1.807, 2.05) is 24.3 Å². The van der Waals surface area contributed by atoms with E-state index in [-0.39, 0.29) is 11.5 Å². The quantitative estimate of drug-likeness (QED) is 0.425. The fourth-order valence-corrected chi connectivity index (χ4v) is 0.705. The summed E-state index contributed by atoms with van der Waals surface area (Å²) in [4.78, 5) is 9.51. The van der Waals surface area contributed by atoms with Gasteiger partial charge in [-0.15, -0.1) is 0 Å². The molecule has 0 aromatic rings. The largest absolute Gasteiger partial charge is 0.264 e. The lowest BCUT2D eigenvalue weighted by Crippen LogP contribution is -1.96. The van der Waals surface area contributed by atoms with Crippen LogP contribution in [0.15, 0.2) is 36.0 Å². The van der Waals surface area contributed by atoms with Crippen molar-refractivity contribution >= 4 is 0 Å². The molecule has 0 heterocycles. The fraction of sp³-hybridized carbons (Fsp3) is 0.143. The molecule has 0 saturated carbocycles. The predicted molar refractivity (Wildman–Crippen MR) is 38.2 cm³/mol. The van der Waals surface area contributed by atoms with Gasteiger partial charge in [0.05, 0.1) is 0 Å². The highest BCUT2D eigenvalue weighted by Crippen LogP contribution is 2.05. The lowest BCUT2D eigenvalue weighted by Gasteiger charge is -1.85. The highest BCUT2D eigenvalue weighted by Gasteiger charge is 1.94. The molecule has 0 aromatic carbocycles. The van der Waals surface area contributed by atoms with Gasteiger partial charge < -0.3 is 0 Å². The third-order valence-corrected chi connectivity index (χ3v) is 1.16. The van der Waals surface area contributed by atoms with Crippen LogP contribution in [0.1, 0.15) is 0 Å². The summed E-state index contributed by atoms with van der Waals surface area (Å²) < 4.78 is 0. The van der Waals surface area contributed by atoms with Crippen LogP contribution in [0.5, 0.6) is 0 Å². The Morgan fingerprint density at radius 2 is 2.10 bits per heavy atom. The van der Waals surface area contributed by atoms with Crippen molar-refractivity contribution in [1.29, 1.82) is 0 Å². The molecule has 0 radical (unpaired) electrons. The molecular weight excluding hydrogens is 130 g/mol. The summed E-state index contributed by atoms with van der Waals surface area (Å²) in [6.07, 6.45) is 8.96. The highest BCUT2D eigenvalue weighted by atomic mass is 16.6. The Bertz CT molecular complexity index is 212. The molecule has 0 unspecified atom stereocenters. The lowest BCUT2D eigenvalue weighted by atomic mass is 10.3. The molecule has 3 heteroatoms. The molecule has 0 fully saturated rings. The number of rotatable bonds is 2. The van der Waals surface area contributed by atoms with Crippen molar-refractivity contribution in [3.8, 4) is 0 Å². The fourth-order valence-electron chi connectivity index (χ4n) is 0.705. The van der Waals surface area contributed by atoms with Gasteiger partial charge in [0, 0.05) is 4.92 Å². The van der Waals surface area contributed by atoms with E-state index in [1.165, 1.54) is 0 Å². The zero-order chi connectivity index (χ0) is 7.40. The third-order valence-electron chi connectivity index (χ3n) is 1.16. The molecule has 1 rings (SSSR count). The van der Waals surface area contributed by atoms with Gasteiger partial charge in [0.15, 0.2) is 0 Å². The Morgan fingerprint density at radius 1 is 1.50 bits per heavy atom. The number of nitrogens with zero attached hydrogens (tertiary/aromatic N) is 1. The molecule has 0 aliphatic heterocycles. The van der Waals surface area contributed by atoms with Gasteiger partial charge in [0.25, 0.3) is 0 Å². The van der Waals surface area contributed by atoms with E-state index in [1.54, 1.807) is 6.08 Å². The van der Waals surface area contributed by atoms with E-state index in [0.29, 0.717) is 0 Å². The van der Waals surface area contributed by atoms with Crippen LogP contribution in [0.4, 0.5) is 0 Å². The Kier molecular flexibility index (Phi) is 1.99. The number of hydrogen-bond acceptors (Lipinski definition) is 2. The summed E-state index contributed by atoms with van der Waals surface area (Å²) in [5, 5.41) is 9.87. The zero-order valence-corrected chi connectivity index (χ0v) is 5.36. The first-order chi connectivity index (χ1) is 4.79. The molecular formula is C7H7NO2. The van der Waals surface area contributed by atoms with Crippen LogP contribution in [0.3, 0.4) is 0 Å². The van der Waals surface area contributed by atoms with Gasteiger partial charge in [-0.05, 0) is 11.6 Å². The van der Waals surface area contributed by atoms with Crippen LogP contribution in [-0.4, -0.2) is 11.5 Å². The first-order valence-corrected chi connectivity index (χ1v) is 2.96. The van der Waals surface area contributed by atoms with E-state index in [2.05, 4.69) is 0 Å². The van der Waals surface area contributed by atoms with Gasteiger partial charge >= 0.3 is 0 Å². The van der Waals surface area contributed by atoms with Gasteiger partial charge in [0.1, 0.15) is 0 Å². The van der Waals surface area contributed by atoms with E-state index in [0.717, 1.165) is 5.57 Å². The van der Waals surface area contributed by atoms with Crippen molar-refractivity contribution in [1.82, 2.24) is 0 Å². The SMILES string of the molecule is O=[N+]([O-])CC=C1C=CC=C1. The van der Waals surface area contributed by atoms with Crippen molar-refractivity contribution in [2.24, 2.45) is 0 Å². The van der Waals surface area contributed by atoms with Crippen molar-refractivity contribution in [2.75, 3.05) is 6.54 Å². The Balaban J connectivity index is 2.48. The molecule has 0 aromatic heterocycles. The molecule has 0 saturated heterocycles. The Morgan fingerprint density at radius 3 is 2.60 bits per heavy atom. The molecule has 3 nitrogen and oxygen atoms in total. The third kappa shape index (κ3) is 1.85. The van der Waals surface area contributed by atoms with E-state index >= 15 is 0 Å². The van der Waals surface area contributed by atoms with Crippen molar-refractivity contribution in [2.45, 2.75) is 0 Å². The van der Waals surface area contributed by atoms with Crippen LogP contribution >= 0.6 is 0 Å².